The van der Waals surface area contributed by atoms with Crippen LogP contribution in [0.3, 0.4) is 0 Å². The molecule has 39 heavy (non-hydrogen) atoms. The first kappa shape index (κ1) is 31.2. The van der Waals surface area contributed by atoms with Gasteiger partial charge in [-0.3, -0.25) is 0 Å². The monoisotopic (exact) mass is 543 g/mol. The Morgan fingerprint density at radius 3 is 1.72 bits per heavy atom. The van der Waals surface area contributed by atoms with Crippen LogP contribution in [0.1, 0.15) is 13.8 Å². The Morgan fingerprint density at radius 2 is 1.28 bits per heavy atom. The minimum absolute atomic E-state index is 0.112. The fourth-order valence-corrected chi connectivity index (χ4v) is 3.62. The highest BCUT2D eigenvalue weighted by Gasteiger charge is 2.06. The van der Waals surface area contributed by atoms with Crippen LogP contribution in [-0.2, 0) is 9.32 Å². The fraction of sp³-hybridized carbons (Fsp3) is 0.161. The van der Waals surface area contributed by atoms with E-state index in [1.54, 1.807) is 0 Å². The SMILES string of the molecule is CC.CNc1ccc(Oc2ccc(-c3ccc(-c4ccccc4)cc3)cc2)cc1.N#CP(O)OCC(N)C=O. The number of hydrogen-bond acceptors (Lipinski definition) is 7. The lowest BCUT2D eigenvalue weighted by molar-refractivity contribution is -0.109. The van der Waals surface area contributed by atoms with Crippen molar-refractivity contribution in [2.75, 3.05) is 19.0 Å². The van der Waals surface area contributed by atoms with E-state index in [1.165, 1.54) is 28.1 Å². The molecule has 7 nitrogen and oxygen atoms in total. The molecular formula is C31H34N3O4P. The molecule has 202 valence electrons. The summed E-state index contributed by atoms with van der Waals surface area (Å²) in [5.74, 6) is 3.13. The van der Waals surface area contributed by atoms with Gasteiger partial charge in [0, 0.05) is 12.7 Å². The highest BCUT2D eigenvalue weighted by Crippen LogP contribution is 2.29. The second kappa shape index (κ2) is 17.5. The first-order valence-corrected chi connectivity index (χ1v) is 13.7. The van der Waals surface area contributed by atoms with Gasteiger partial charge in [-0.05, 0) is 58.7 Å². The Balaban J connectivity index is 0.000000378. The second-order valence-electron chi connectivity index (χ2n) is 7.81. The van der Waals surface area contributed by atoms with Crippen LogP contribution >= 0.6 is 8.38 Å². The number of carbonyl (C=O) groups is 1. The van der Waals surface area contributed by atoms with Gasteiger partial charge < -0.3 is 30.0 Å². The van der Waals surface area contributed by atoms with Crippen LogP contribution < -0.4 is 15.8 Å². The maximum absolute atomic E-state index is 9.84. The second-order valence-corrected chi connectivity index (χ2v) is 8.82. The summed E-state index contributed by atoms with van der Waals surface area (Å²) in [5, 5.41) is 11.1. The molecule has 8 heteroatoms. The van der Waals surface area contributed by atoms with Gasteiger partial charge in [-0.2, -0.15) is 5.26 Å². The third kappa shape index (κ3) is 10.7. The van der Waals surface area contributed by atoms with E-state index in [1.807, 2.05) is 63.4 Å². The summed E-state index contributed by atoms with van der Waals surface area (Å²) < 4.78 is 10.4. The van der Waals surface area contributed by atoms with E-state index in [0.717, 1.165) is 17.2 Å². The van der Waals surface area contributed by atoms with Gasteiger partial charge in [0.25, 0.3) is 8.38 Å². The number of aldehydes is 1. The molecule has 2 atom stereocenters. The van der Waals surface area contributed by atoms with Crippen molar-refractivity contribution >= 4 is 20.3 Å². The van der Waals surface area contributed by atoms with Gasteiger partial charge in [-0.1, -0.05) is 80.6 Å². The van der Waals surface area contributed by atoms with E-state index >= 15 is 0 Å². The molecule has 0 aliphatic heterocycles. The smallest absolute Gasteiger partial charge is 0.282 e. The van der Waals surface area contributed by atoms with Crippen molar-refractivity contribution < 1.29 is 18.9 Å². The average molecular weight is 544 g/mol. The molecule has 4 aromatic rings. The van der Waals surface area contributed by atoms with E-state index in [0.29, 0.717) is 6.29 Å². The lowest BCUT2D eigenvalue weighted by Gasteiger charge is -2.09. The predicted octanol–water partition coefficient (Wildman–Crippen LogP) is 7.20. The van der Waals surface area contributed by atoms with Crippen LogP contribution in [0.4, 0.5) is 5.69 Å². The number of carbonyl (C=O) groups excluding carboxylic acids is 1. The van der Waals surface area contributed by atoms with Gasteiger partial charge in [-0.15, -0.1) is 0 Å². The van der Waals surface area contributed by atoms with Gasteiger partial charge in [0.2, 0.25) is 0 Å². The summed E-state index contributed by atoms with van der Waals surface area (Å²) in [5.41, 5.74) is 11.0. The van der Waals surface area contributed by atoms with Crippen LogP contribution in [0.25, 0.3) is 22.3 Å². The summed E-state index contributed by atoms with van der Waals surface area (Å²) in [6.45, 7) is 3.89. The normalized spacial score (nSPS) is 11.3. The van der Waals surface area contributed by atoms with E-state index in [-0.39, 0.29) is 6.61 Å². The van der Waals surface area contributed by atoms with Crippen LogP contribution in [0.2, 0.25) is 0 Å². The van der Waals surface area contributed by atoms with Gasteiger partial charge in [0.05, 0.1) is 12.6 Å². The third-order valence-corrected chi connectivity index (χ3v) is 5.77. The van der Waals surface area contributed by atoms with Crippen molar-refractivity contribution in [2.45, 2.75) is 19.9 Å². The van der Waals surface area contributed by atoms with Crippen molar-refractivity contribution in [3.63, 3.8) is 0 Å². The van der Waals surface area contributed by atoms with Crippen molar-refractivity contribution in [1.29, 1.82) is 5.26 Å². The van der Waals surface area contributed by atoms with Crippen molar-refractivity contribution in [1.82, 2.24) is 0 Å². The van der Waals surface area contributed by atoms with Gasteiger partial charge in [-0.25, -0.2) is 0 Å². The molecule has 0 radical (unpaired) electrons. The Morgan fingerprint density at radius 1 is 0.846 bits per heavy atom. The molecule has 4 aromatic carbocycles. The number of nitriles is 1. The quantitative estimate of drug-likeness (QED) is 0.151. The number of nitrogens with zero attached hydrogens (tertiary/aromatic N) is 1. The molecule has 0 heterocycles. The number of nitrogens with two attached hydrogens (primary N) is 1. The zero-order valence-electron chi connectivity index (χ0n) is 22.3. The van der Waals surface area contributed by atoms with Gasteiger partial charge in [0.15, 0.2) is 0 Å². The van der Waals surface area contributed by atoms with Crippen LogP contribution in [0.15, 0.2) is 103 Å². The van der Waals surface area contributed by atoms with Crippen molar-refractivity contribution in [3.05, 3.63) is 103 Å². The maximum Gasteiger partial charge on any atom is 0.282 e. The fourth-order valence-electron chi connectivity index (χ4n) is 3.25. The molecule has 0 aromatic heterocycles. The number of rotatable bonds is 9. The molecular weight excluding hydrogens is 509 g/mol. The maximum atomic E-state index is 9.84. The first-order chi connectivity index (χ1) is 19.0. The molecule has 0 amide bonds. The largest absolute Gasteiger partial charge is 0.457 e. The lowest BCUT2D eigenvalue weighted by atomic mass is 10.0. The van der Waals surface area contributed by atoms with Crippen LogP contribution in [0.5, 0.6) is 11.5 Å². The molecule has 4 N–H and O–H groups in total. The number of benzene rings is 4. The van der Waals surface area contributed by atoms with Crippen molar-refractivity contribution in [3.8, 4) is 39.6 Å². The van der Waals surface area contributed by atoms with E-state index < -0.39 is 14.4 Å². The number of nitrogens with one attached hydrogen (secondary N) is 1. The molecule has 0 saturated carbocycles. The highest BCUT2D eigenvalue weighted by molar-refractivity contribution is 7.51. The summed E-state index contributed by atoms with van der Waals surface area (Å²) in [6.07, 6.45) is 0.487. The Kier molecular flexibility index (Phi) is 14.0. The molecule has 0 fully saturated rings. The minimum atomic E-state index is -2.05. The number of ether oxygens (including phenoxy) is 1. The first-order valence-electron chi connectivity index (χ1n) is 12.5. The third-order valence-electron chi connectivity index (χ3n) is 5.21. The standard InChI is InChI=1S/C25H21NO.C4H7N2O3P.C2H6/c1-26-23-13-17-25(18-14-23)27-24-15-11-22(12-16-24)21-9-7-20(8-10-21)19-5-3-2-4-6-19;5-3-10(8)9-2-4(6)1-7;1-2/h2-18,26H,1H3;1,4,8H,2,6H2;1-2H3. The Labute approximate surface area is 231 Å². The molecule has 0 bridgehead atoms. The molecule has 0 aliphatic carbocycles. The van der Waals surface area contributed by atoms with Crippen LogP contribution in [-0.4, -0.2) is 30.9 Å². The zero-order valence-corrected chi connectivity index (χ0v) is 23.2. The molecule has 0 aliphatic rings. The Bertz CT molecular complexity index is 1280. The lowest BCUT2D eigenvalue weighted by Crippen LogP contribution is -2.26. The predicted molar refractivity (Wildman–Crippen MR) is 159 cm³/mol. The van der Waals surface area contributed by atoms with E-state index in [9.17, 15) is 4.79 Å². The van der Waals surface area contributed by atoms with E-state index in [2.05, 4.69) is 70.5 Å². The Hall–Kier alpha value is -4.05. The summed E-state index contributed by atoms with van der Waals surface area (Å²) in [6, 6.07) is 34.4. The molecule has 0 spiro atoms. The van der Waals surface area contributed by atoms with Crippen LogP contribution in [0, 0.1) is 11.1 Å². The zero-order chi connectivity index (χ0) is 28.5. The number of anilines is 1. The van der Waals surface area contributed by atoms with E-state index in [4.69, 9.17) is 20.6 Å². The van der Waals surface area contributed by atoms with Crippen molar-refractivity contribution in [2.24, 2.45) is 5.73 Å². The topological polar surface area (TPSA) is 118 Å². The summed E-state index contributed by atoms with van der Waals surface area (Å²) >= 11 is 0. The molecule has 4 rings (SSSR count). The van der Waals surface area contributed by atoms with Gasteiger partial charge in [0.1, 0.15) is 23.6 Å². The molecule has 2 unspecified atom stereocenters. The summed E-state index contributed by atoms with van der Waals surface area (Å²) in [7, 11) is -0.146. The summed E-state index contributed by atoms with van der Waals surface area (Å²) in [4.78, 5) is 18.4. The van der Waals surface area contributed by atoms with Gasteiger partial charge >= 0.3 is 0 Å². The number of hydrogen-bond donors (Lipinski definition) is 3. The molecule has 0 saturated heterocycles. The minimum Gasteiger partial charge on any atom is -0.457 e. The highest BCUT2D eigenvalue weighted by atomic mass is 31.2. The average Bonchev–Trinajstić information content (AvgIpc) is 3.02.